The highest BCUT2D eigenvalue weighted by Gasteiger charge is 2.27. The van der Waals surface area contributed by atoms with Crippen molar-refractivity contribution in [3.63, 3.8) is 0 Å². The van der Waals surface area contributed by atoms with Gasteiger partial charge in [0, 0.05) is 50.6 Å². The van der Waals surface area contributed by atoms with Crippen molar-refractivity contribution in [2.75, 3.05) is 39.9 Å². The summed E-state index contributed by atoms with van der Waals surface area (Å²) in [5.41, 5.74) is 1.91. The Hall–Kier alpha value is -3.85. The van der Waals surface area contributed by atoms with E-state index in [-0.39, 0.29) is 18.4 Å². The Labute approximate surface area is 229 Å². The third-order valence-corrected chi connectivity index (χ3v) is 7.18. The van der Waals surface area contributed by atoms with E-state index < -0.39 is 6.04 Å². The average molecular weight is 532 g/mol. The summed E-state index contributed by atoms with van der Waals surface area (Å²) >= 11 is 0. The number of nitrogens with one attached hydrogen (secondary N) is 2. The van der Waals surface area contributed by atoms with Gasteiger partial charge in [0.05, 0.1) is 20.3 Å². The predicted molar refractivity (Wildman–Crippen MR) is 149 cm³/mol. The molecule has 0 spiro atoms. The van der Waals surface area contributed by atoms with Crippen molar-refractivity contribution in [1.29, 1.82) is 0 Å². The van der Waals surface area contributed by atoms with E-state index in [0.717, 1.165) is 36.5 Å². The van der Waals surface area contributed by atoms with Crippen molar-refractivity contribution in [2.24, 2.45) is 5.92 Å². The van der Waals surface area contributed by atoms with Gasteiger partial charge in [-0.05, 0) is 48.9 Å². The van der Waals surface area contributed by atoms with E-state index in [0.29, 0.717) is 43.5 Å². The van der Waals surface area contributed by atoms with Gasteiger partial charge in [0.25, 0.3) is 0 Å². The van der Waals surface area contributed by atoms with Gasteiger partial charge in [-0.3, -0.25) is 14.5 Å². The molecule has 2 aliphatic rings. The molecule has 5 rings (SSSR count). The number of fused-ring (bicyclic) bond motifs is 4. The average Bonchev–Trinajstić information content (AvgIpc) is 3.64. The summed E-state index contributed by atoms with van der Waals surface area (Å²) in [6.07, 6.45) is 7.23. The molecule has 1 atom stereocenters. The first-order valence-corrected chi connectivity index (χ1v) is 13.7. The third-order valence-electron chi connectivity index (χ3n) is 7.18. The van der Waals surface area contributed by atoms with Crippen LogP contribution in [0.1, 0.15) is 24.8 Å². The molecule has 1 aromatic heterocycles. The predicted octanol–water partition coefficient (Wildman–Crippen LogP) is 2.90. The van der Waals surface area contributed by atoms with Crippen LogP contribution in [0.15, 0.2) is 60.9 Å². The Morgan fingerprint density at radius 3 is 2.74 bits per heavy atom. The van der Waals surface area contributed by atoms with Crippen LogP contribution in [0.5, 0.6) is 11.5 Å². The standard InChI is InChI=1S/C30H37N5O4/c1-38-26-11-10-24-19-27(26)39-17-5-14-34(20-23-8-9-23)21-28(36)33-25(18-22-6-3-2-4-7-22)30(37)32-13-16-35-15-12-31-29(24)35/h2-4,6-7,10-12,15,19,23,25H,5,8-9,13-14,16-18,20-21H2,1H3,(H,32,37)(H,33,36)/t25-/m0/s1. The monoisotopic (exact) mass is 531 g/mol. The van der Waals surface area contributed by atoms with Crippen LogP contribution in [-0.4, -0.2) is 72.2 Å². The van der Waals surface area contributed by atoms with Crippen LogP contribution >= 0.6 is 0 Å². The minimum absolute atomic E-state index is 0.139. The number of methoxy groups -OCH3 is 1. The molecule has 2 bridgehead atoms. The molecule has 0 radical (unpaired) electrons. The lowest BCUT2D eigenvalue weighted by Crippen LogP contribution is -2.51. The fraction of sp³-hybridized carbons (Fsp3) is 0.433. The Morgan fingerprint density at radius 1 is 1.10 bits per heavy atom. The molecule has 1 aliphatic carbocycles. The van der Waals surface area contributed by atoms with Gasteiger partial charge in [0.1, 0.15) is 11.9 Å². The molecular weight excluding hydrogens is 494 g/mol. The van der Waals surface area contributed by atoms with Crippen molar-refractivity contribution in [2.45, 2.75) is 38.3 Å². The summed E-state index contributed by atoms with van der Waals surface area (Å²) in [5, 5.41) is 6.04. The molecule has 2 amide bonds. The normalized spacial score (nSPS) is 19.6. The van der Waals surface area contributed by atoms with E-state index in [2.05, 4.69) is 20.5 Å². The van der Waals surface area contributed by atoms with Gasteiger partial charge in [0.15, 0.2) is 11.5 Å². The van der Waals surface area contributed by atoms with Crippen LogP contribution in [0.2, 0.25) is 0 Å². The molecular formula is C30H37N5O4. The summed E-state index contributed by atoms with van der Waals surface area (Å²) in [5.74, 6) is 2.42. The first-order valence-electron chi connectivity index (χ1n) is 13.7. The number of imidazole rings is 1. The smallest absolute Gasteiger partial charge is 0.242 e. The van der Waals surface area contributed by atoms with Crippen LogP contribution in [0.25, 0.3) is 11.4 Å². The van der Waals surface area contributed by atoms with E-state index in [1.165, 1.54) is 12.8 Å². The number of ether oxygens (including phenoxy) is 2. The molecule has 2 N–H and O–H groups in total. The van der Waals surface area contributed by atoms with Crippen LogP contribution in [0.4, 0.5) is 0 Å². The Balaban J connectivity index is 1.38. The highest BCUT2D eigenvalue weighted by atomic mass is 16.5. The number of aromatic nitrogens is 2. The number of carbonyl (C=O) groups excluding carboxylic acids is 2. The fourth-order valence-electron chi connectivity index (χ4n) is 4.97. The topological polar surface area (TPSA) is 97.7 Å². The number of carbonyl (C=O) groups is 2. The molecule has 0 saturated heterocycles. The van der Waals surface area contributed by atoms with Gasteiger partial charge in [-0.15, -0.1) is 0 Å². The molecule has 39 heavy (non-hydrogen) atoms. The van der Waals surface area contributed by atoms with Gasteiger partial charge in [-0.2, -0.15) is 0 Å². The van der Waals surface area contributed by atoms with Gasteiger partial charge in [-0.1, -0.05) is 30.3 Å². The quantitative estimate of drug-likeness (QED) is 0.526. The molecule has 1 saturated carbocycles. The van der Waals surface area contributed by atoms with Crippen LogP contribution in [0, 0.1) is 5.92 Å². The summed E-state index contributed by atoms with van der Waals surface area (Å²) < 4.78 is 13.7. The zero-order valence-corrected chi connectivity index (χ0v) is 22.5. The lowest BCUT2D eigenvalue weighted by molar-refractivity contribution is -0.129. The molecule has 0 unspecified atom stereocenters. The lowest BCUT2D eigenvalue weighted by atomic mass is 10.1. The van der Waals surface area contributed by atoms with E-state index in [9.17, 15) is 9.59 Å². The van der Waals surface area contributed by atoms with Crippen molar-refractivity contribution >= 4 is 11.8 Å². The Morgan fingerprint density at radius 2 is 1.95 bits per heavy atom. The van der Waals surface area contributed by atoms with Crippen molar-refractivity contribution in [3.8, 4) is 22.9 Å². The second-order valence-electron chi connectivity index (χ2n) is 10.3. The number of hydrogen-bond donors (Lipinski definition) is 2. The van der Waals surface area contributed by atoms with E-state index >= 15 is 0 Å². The molecule has 2 heterocycles. The molecule has 9 nitrogen and oxygen atoms in total. The van der Waals surface area contributed by atoms with Crippen molar-refractivity contribution in [3.05, 3.63) is 66.5 Å². The molecule has 3 aromatic rings. The maximum atomic E-state index is 13.3. The number of hydrogen-bond acceptors (Lipinski definition) is 6. The lowest BCUT2D eigenvalue weighted by Gasteiger charge is -2.24. The number of nitrogens with zero attached hydrogens (tertiary/aromatic N) is 3. The third kappa shape index (κ3) is 7.38. The maximum Gasteiger partial charge on any atom is 0.242 e. The second kappa shape index (κ2) is 12.8. The molecule has 2 aromatic carbocycles. The van der Waals surface area contributed by atoms with Gasteiger partial charge in [0.2, 0.25) is 11.8 Å². The summed E-state index contributed by atoms with van der Waals surface area (Å²) in [7, 11) is 1.63. The van der Waals surface area contributed by atoms with E-state index in [4.69, 9.17) is 9.47 Å². The SMILES string of the molecule is COc1ccc2cc1OCCCN(CC1CC1)CC(=O)N[C@@H](Cc1ccccc1)C(=O)NCCn1ccnc1-2. The zero-order chi connectivity index (χ0) is 27.0. The van der Waals surface area contributed by atoms with Crippen LogP contribution in [0.3, 0.4) is 0 Å². The highest BCUT2D eigenvalue weighted by molar-refractivity contribution is 5.88. The molecule has 1 aliphatic heterocycles. The highest BCUT2D eigenvalue weighted by Crippen LogP contribution is 2.32. The van der Waals surface area contributed by atoms with Crippen LogP contribution in [-0.2, 0) is 22.6 Å². The Kier molecular flexibility index (Phi) is 8.78. The summed E-state index contributed by atoms with van der Waals surface area (Å²) in [6, 6.07) is 14.9. The van der Waals surface area contributed by atoms with Gasteiger partial charge >= 0.3 is 0 Å². The Bertz CT molecular complexity index is 1260. The molecule has 206 valence electrons. The van der Waals surface area contributed by atoms with Gasteiger partial charge in [-0.25, -0.2) is 4.98 Å². The van der Waals surface area contributed by atoms with Crippen molar-refractivity contribution < 1.29 is 19.1 Å². The fourth-order valence-corrected chi connectivity index (χ4v) is 4.97. The molecule has 9 heteroatoms. The summed E-state index contributed by atoms with van der Waals surface area (Å²) in [4.78, 5) is 33.2. The molecule has 1 fully saturated rings. The van der Waals surface area contributed by atoms with E-state index in [1.807, 2.05) is 59.3 Å². The summed E-state index contributed by atoms with van der Waals surface area (Å²) in [6.45, 7) is 3.29. The first-order chi connectivity index (χ1) is 19.1. The minimum atomic E-state index is -0.656. The number of rotatable bonds is 5. The largest absolute Gasteiger partial charge is 0.493 e. The maximum absolute atomic E-state index is 13.3. The number of benzene rings is 2. The number of amides is 2. The van der Waals surface area contributed by atoms with Gasteiger partial charge < -0.3 is 24.7 Å². The first kappa shape index (κ1) is 26.7. The van der Waals surface area contributed by atoms with E-state index in [1.54, 1.807) is 13.3 Å². The van der Waals surface area contributed by atoms with Crippen molar-refractivity contribution in [1.82, 2.24) is 25.1 Å². The minimum Gasteiger partial charge on any atom is -0.493 e. The second-order valence-corrected chi connectivity index (χ2v) is 10.3. The zero-order valence-electron chi connectivity index (χ0n) is 22.5. The van der Waals surface area contributed by atoms with Crippen LogP contribution < -0.4 is 20.1 Å².